The third-order valence-corrected chi connectivity index (χ3v) is 11.9. The van der Waals surface area contributed by atoms with E-state index >= 15 is 0 Å². The van der Waals surface area contributed by atoms with Gasteiger partial charge in [-0.3, -0.25) is 0 Å². The number of hydrogen-bond donors (Lipinski definition) is 1. The van der Waals surface area contributed by atoms with Crippen LogP contribution < -0.4 is 0 Å². The lowest BCUT2D eigenvalue weighted by molar-refractivity contribution is -0.273. The van der Waals surface area contributed by atoms with Gasteiger partial charge in [0.15, 0.2) is 5.79 Å². The highest BCUT2D eigenvalue weighted by Gasteiger charge is 2.69. The molecule has 1 spiro atoms. The lowest BCUT2D eigenvalue weighted by atomic mass is 9.44. The molecule has 1 N–H and O–H groups in total. The summed E-state index contributed by atoms with van der Waals surface area (Å²) >= 11 is 0. The quantitative estimate of drug-likeness (QED) is 0.543. The summed E-state index contributed by atoms with van der Waals surface area (Å²) in [6.07, 6.45) is 12.9. The summed E-state index contributed by atoms with van der Waals surface area (Å²) in [4.78, 5) is 0. The average Bonchev–Trinajstić information content (AvgIpc) is 3.16. The van der Waals surface area contributed by atoms with Gasteiger partial charge in [0, 0.05) is 12.3 Å². The zero-order valence-corrected chi connectivity index (χ0v) is 19.7. The third-order valence-electron chi connectivity index (χ3n) is 11.9. The predicted molar refractivity (Wildman–Crippen MR) is 118 cm³/mol. The first-order valence-corrected chi connectivity index (χ1v) is 13.3. The molecule has 3 heteroatoms. The van der Waals surface area contributed by atoms with E-state index in [0.717, 1.165) is 49.5 Å². The number of hydrogen-bond acceptors (Lipinski definition) is 3. The minimum atomic E-state index is -0.282. The van der Waals surface area contributed by atoms with Crippen molar-refractivity contribution in [2.45, 2.75) is 110 Å². The molecular formula is C27H44O3. The first kappa shape index (κ1) is 20.5. The van der Waals surface area contributed by atoms with Crippen molar-refractivity contribution < 1.29 is 14.6 Å². The Morgan fingerprint density at radius 2 is 1.63 bits per heavy atom. The van der Waals surface area contributed by atoms with Gasteiger partial charge in [-0.05, 0) is 104 Å². The van der Waals surface area contributed by atoms with Crippen LogP contribution in [0.2, 0.25) is 0 Å². The molecule has 0 aromatic rings. The lowest BCUT2D eigenvalue weighted by Gasteiger charge is -2.61. The van der Waals surface area contributed by atoms with Crippen molar-refractivity contribution in [2.75, 3.05) is 6.61 Å². The van der Waals surface area contributed by atoms with Crippen molar-refractivity contribution in [3.8, 4) is 0 Å². The first-order valence-electron chi connectivity index (χ1n) is 13.3. The van der Waals surface area contributed by atoms with Crippen LogP contribution in [0.1, 0.15) is 91.9 Å². The van der Waals surface area contributed by atoms with Crippen molar-refractivity contribution in [2.24, 2.45) is 52.3 Å². The SMILES string of the molecule is CC1CC[C@@]2(OC1)OC1CC3C4CCC5CC(O)CC[C@]5(C)C4CC[C@]3(C)C1C2C. The molecule has 0 amide bonds. The second-order valence-corrected chi connectivity index (χ2v) is 13.1. The molecule has 6 aliphatic rings. The standard InChI is InChI=1S/C27H44O3/c1-16-7-12-27(29-15-16)17(2)24-23(30-27)14-22-20-6-5-18-13-19(28)8-10-25(18,3)21(20)9-11-26(22,24)4/h16-24,28H,5-15H2,1-4H3/t16?,17?,18?,19?,20?,21?,22?,23?,24?,25-,26-,27+/m0/s1. The van der Waals surface area contributed by atoms with E-state index in [1.54, 1.807) is 0 Å². The first-order chi connectivity index (χ1) is 14.3. The number of rotatable bonds is 0. The minimum absolute atomic E-state index is 0.0389. The van der Waals surface area contributed by atoms with Crippen LogP contribution in [-0.2, 0) is 9.47 Å². The van der Waals surface area contributed by atoms with Crippen LogP contribution in [0, 0.1) is 52.3 Å². The maximum Gasteiger partial charge on any atom is 0.171 e. The Balaban J connectivity index is 1.26. The summed E-state index contributed by atoms with van der Waals surface area (Å²) < 4.78 is 13.4. The van der Waals surface area contributed by atoms with E-state index in [-0.39, 0.29) is 11.9 Å². The molecule has 9 unspecified atom stereocenters. The molecule has 0 aromatic heterocycles. The summed E-state index contributed by atoms with van der Waals surface area (Å²) in [5.41, 5.74) is 0.899. The van der Waals surface area contributed by atoms with Gasteiger partial charge in [-0.15, -0.1) is 0 Å². The molecule has 2 heterocycles. The Hall–Kier alpha value is -0.120. The highest BCUT2D eigenvalue weighted by Crippen LogP contribution is 2.71. The van der Waals surface area contributed by atoms with Gasteiger partial charge in [-0.2, -0.15) is 0 Å². The lowest BCUT2D eigenvalue weighted by Crippen LogP contribution is -2.55. The second kappa shape index (κ2) is 6.70. The van der Waals surface area contributed by atoms with Crippen LogP contribution in [0.15, 0.2) is 0 Å². The monoisotopic (exact) mass is 416 g/mol. The maximum absolute atomic E-state index is 10.3. The Bertz CT molecular complexity index is 684. The van der Waals surface area contributed by atoms with Crippen molar-refractivity contribution in [1.82, 2.24) is 0 Å². The van der Waals surface area contributed by atoms with Crippen LogP contribution in [-0.4, -0.2) is 29.7 Å². The fraction of sp³-hybridized carbons (Fsp3) is 1.00. The molecule has 0 aromatic carbocycles. The zero-order chi connectivity index (χ0) is 20.9. The van der Waals surface area contributed by atoms with Crippen LogP contribution in [0.5, 0.6) is 0 Å². The van der Waals surface area contributed by atoms with Gasteiger partial charge in [-0.25, -0.2) is 0 Å². The topological polar surface area (TPSA) is 38.7 Å². The van der Waals surface area contributed by atoms with Gasteiger partial charge in [-0.1, -0.05) is 27.7 Å². The third kappa shape index (κ3) is 2.61. The van der Waals surface area contributed by atoms with E-state index in [4.69, 9.17) is 9.47 Å². The molecule has 2 saturated heterocycles. The van der Waals surface area contributed by atoms with E-state index in [1.807, 2.05) is 0 Å². The van der Waals surface area contributed by atoms with Crippen LogP contribution in [0.25, 0.3) is 0 Å². The molecule has 0 radical (unpaired) electrons. The highest BCUT2D eigenvalue weighted by molar-refractivity contribution is 5.15. The molecule has 170 valence electrons. The van der Waals surface area contributed by atoms with Crippen molar-refractivity contribution in [3.63, 3.8) is 0 Å². The number of fused-ring (bicyclic) bond motifs is 7. The summed E-state index contributed by atoms with van der Waals surface area (Å²) in [5, 5.41) is 10.3. The van der Waals surface area contributed by atoms with Crippen molar-refractivity contribution >= 4 is 0 Å². The highest BCUT2D eigenvalue weighted by atomic mass is 16.7. The second-order valence-electron chi connectivity index (χ2n) is 13.1. The van der Waals surface area contributed by atoms with Gasteiger partial charge in [0.05, 0.1) is 18.8 Å². The summed E-state index contributed by atoms with van der Waals surface area (Å²) in [7, 11) is 0. The molecule has 3 nitrogen and oxygen atoms in total. The van der Waals surface area contributed by atoms with E-state index in [1.165, 1.54) is 44.9 Å². The van der Waals surface area contributed by atoms with E-state index < -0.39 is 0 Å². The van der Waals surface area contributed by atoms with Gasteiger partial charge in [0.2, 0.25) is 0 Å². The number of aliphatic hydroxyl groups is 1. The fourth-order valence-corrected chi connectivity index (χ4v) is 10.3. The molecule has 12 atom stereocenters. The predicted octanol–water partition coefficient (Wildman–Crippen LogP) is 5.79. The Kier molecular flexibility index (Phi) is 4.58. The summed E-state index contributed by atoms with van der Waals surface area (Å²) in [6.45, 7) is 10.9. The van der Waals surface area contributed by atoms with Gasteiger partial charge < -0.3 is 14.6 Å². The zero-order valence-electron chi connectivity index (χ0n) is 19.7. The van der Waals surface area contributed by atoms with Crippen LogP contribution >= 0.6 is 0 Å². The van der Waals surface area contributed by atoms with Gasteiger partial charge in [0.25, 0.3) is 0 Å². The number of aliphatic hydroxyl groups excluding tert-OH is 1. The van der Waals surface area contributed by atoms with Gasteiger partial charge >= 0.3 is 0 Å². The minimum Gasteiger partial charge on any atom is -0.393 e. The maximum atomic E-state index is 10.3. The van der Waals surface area contributed by atoms with E-state index in [0.29, 0.717) is 34.7 Å². The van der Waals surface area contributed by atoms with Crippen molar-refractivity contribution in [1.29, 1.82) is 0 Å². The van der Waals surface area contributed by atoms with Gasteiger partial charge in [0.1, 0.15) is 0 Å². The molecule has 4 saturated carbocycles. The fourth-order valence-electron chi connectivity index (χ4n) is 10.3. The normalized spacial score (nSPS) is 62.5. The summed E-state index contributed by atoms with van der Waals surface area (Å²) in [5.74, 6) is 4.93. The van der Waals surface area contributed by atoms with E-state index in [2.05, 4.69) is 27.7 Å². The Morgan fingerprint density at radius 1 is 0.833 bits per heavy atom. The molecule has 0 bridgehead atoms. The molecule has 30 heavy (non-hydrogen) atoms. The molecule has 2 aliphatic heterocycles. The number of ether oxygens (including phenoxy) is 2. The molecule has 4 aliphatic carbocycles. The van der Waals surface area contributed by atoms with Crippen LogP contribution in [0.3, 0.4) is 0 Å². The average molecular weight is 417 g/mol. The largest absolute Gasteiger partial charge is 0.393 e. The Morgan fingerprint density at radius 3 is 2.40 bits per heavy atom. The molecule has 6 fully saturated rings. The molecule has 6 rings (SSSR count). The van der Waals surface area contributed by atoms with Crippen LogP contribution in [0.4, 0.5) is 0 Å². The Labute approximate surface area is 183 Å². The van der Waals surface area contributed by atoms with Crippen molar-refractivity contribution in [3.05, 3.63) is 0 Å². The smallest absolute Gasteiger partial charge is 0.171 e. The van der Waals surface area contributed by atoms with E-state index in [9.17, 15) is 5.11 Å². The summed E-state index contributed by atoms with van der Waals surface area (Å²) in [6, 6.07) is 0. The molecular weight excluding hydrogens is 372 g/mol.